The molecule has 60 valence electrons. The third kappa shape index (κ3) is 2.25. The molecule has 2 atom stereocenters. The largest absolute Gasteiger partial charge is 0.377 e. The molecule has 0 bridgehead atoms. The van der Waals surface area contributed by atoms with E-state index in [-0.39, 0.29) is 0 Å². The zero-order valence-corrected chi connectivity index (χ0v) is 6.47. The molecule has 3 heteroatoms. The third-order valence-corrected chi connectivity index (χ3v) is 1.84. The van der Waals surface area contributed by atoms with Crippen molar-refractivity contribution < 1.29 is 4.74 Å². The summed E-state index contributed by atoms with van der Waals surface area (Å²) in [6, 6.07) is 0.354. The van der Waals surface area contributed by atoms with E-state index in [1.807, 2.05) is 7.05 Å². The van der Waals surface area contributed by atoms with Gasteiger partial charge in [0.25, 0.3) is 0 Å². The van der Waals surface area contributed by atoms with Gasteiger partial charge >= 0.3 is 0 Å². The summed E-state index contributed by atoms with van der Waals surface area (Å²) in [5, 5.41) is 3.08. The zero-order valence-electron chi connectivity index (χ0n) is 6.47. The summed E-state index contributed by atoms with van der Waals surface area (Å²) in [5.74, 6) is 0. The fourth-order valence-electron chi connectivity index (χ4n) is 1.28. The minimum absolute atomic E-state index is 0.341. The van der Waals surface area contributed by atoms with E-state index in [0.717, 1.165) is 26.0 Å². The van der Waals surface area contributed by atoms with Crippen LogP contribution < -0.4 is 11.1 Å². The number of likely N-dealkylation sites (N-methyl/N-ethyl adjacent to an activating group) is 1. The number of hydrogen-bond donors (Lipinski definition) is 2. The van der Waals surface area contributed by atoms with E-state index in [2.05, 4.69) is 5.32 Å². The lowest BCUT2D eigenvalue weighted by molar-refractivity contribution is 0.00998. The first kappa shape index (κ1) is 7.98. The zero-order chi connectivity index (χ0) is 7.40. The molecule has 0 saturated carbocycles. The molecule has 1 saturated heterocycles. The Labute approximate surface area is 61.9 Å². The van der Waals surface area contributed by atoms with E-state index < -0.39 is 0 Å². The maximum atomic E-state index is 5.75. The Morgan fingerprint density at radius 3 is 3.10 bits per heavy atom. The quantitative estimate of drug-likeness (QED) is 0.560. The minimum Gasteiger partial charge on any atom is -0.377 e. The molecule has 0 aromatic rings. The predicted octanol–water partition coefficient (Wildman–Crippen LogP) is -0.288. The van der Waals surface area contributed by atoms with Crippen molar-refractivity contribution in [2.24, 2.45) is 5.73 Å². The Bertz CT molecular complexity index is 95.6. The van der Waals surface area contributed by atoms with E-state index in [1.165, 1.54) is 0 Å². The molecule has 0 spiro atoms. The van der Waals surface area contributed by atoms with Gasteiger partial charge in [0.05, 0.1) is 6.10 Å². The lowest BCUT2D eigenvalue weighted by atomic mass is 10.0. The summed E-state index contributed by atoms with van der Waals surface area (Å²) < 4.78 is 5.45. The molecule has 0 aromatic heterocycles. The number of nitrogens with two attached hydrogens (primary N) is 1. The van der Waals surface area contributed by atoms with Crippen molar-refractivity contribution in [3.63, 3.8) is 0 Å². The highest BCUT2D eigenvalue weighted by Gasteiger charge is 2.18. The molecule has 3 N–H and O–H groups in total. The standard InChI is InChI=1S/C7H16N2O/c1-9-5-7-4-6(8)2-3-10-7/h6-7,9H,2-5,8H2,1H3. The van der Waals surface area contributed by atoms with Gasteiger partial charge < -0.3 is 15.8 Å². The second-order valence-corrected chi connectivity index (χ2v) is 2.83. The molecule has 3 nitrogen and oxygen atoms in total. The molecular weight excluding hydrogens is 128 g/mol. The first-order valence-corrected chi connectivity index (χ1v) is 3.84. The molecule has 1 aliphatic rings. The highest BCUT2D eigenvalue weighted by atomic mass is 16.5. The van der Waals surface area contributed by atoms with Gasteiger partial charge in [-0.3, -0.25) is 0 Å². The van der Waals surface area contributed by atoms with Crippen molar-refractivity contribution in [3.05, 3.63) is 0 Å². The van der Waals surface area contributed by atoms with Crippen molar-refractivity contribution in [3.8, 4) is 0 Å². The van der Waals surface area contributed by atoms with E-state index in [4.69, 9.17) is 10.5 Å². The van der Waals surface area contributed by atoms with Gasteiger partial charge in [-0.25, -0.2) is 0 Å². The number of nitrogens with one attached hydrogen (secondary N) is 1. The van der Waals surface area contributed by atoms with Crippen LogP contribution >= 0.6 is 0 Å². The molecule has 0 amide bonds. The monoisotopic (exact) mass is 144 g/mol. The Balaban J connectivity index is 2.18. The van der Waals surface area contributed by atoms with Gasteiger partial charge in [0.1, 0.15) is 0 Å². The highest BCUT2D eigenvalue weighted by Crippen LogP contribution is 2.10. The topological polar surface area (TPSA) is 47.3 Å². The Morgan fingerprint density at radius 2 is 2.50 bits per heavy atom. The van der Waals surface area contributed by atoms with Crippen LogP contribution in [0.3, 0.4) is 0 Å². The Kier molecular flexibility index (Phi) is 3.12. The second kappa shape index (κ2) is 3.91. The molecule has 0 radical (unpaired) electrons. The van der Waals surface area contributed by atoms with Gasteiger partial charge in [-0.1, -0.05) is 0 Å². The van der Waals surface area contributed by atoms with Crippen LogP contribution in [0, 0.1) is 0 Å². The average Bonchev–Trinajstić information content (AvgIpc) is 1.88. The Hall–Kier alpha value is -0.120. The highest BCUT2D eigenvalue weighted by molar-refractivity contribution is 4.74. The van der Waals surface area contributed by atoms with Gasteiger partial charge in [0.15, 0.2) is 0 Å². The minimum atomic E-state index is 0.341. The molecule has 1 aliphatic heterocycles. The predicted molar refractivity (Wildman–Crippen MR) is 40.9 cm³/mol. The van der Waals surface area contributed by atoms with Gasteiger partial charge in [0, 0.05) is 19.2 Å². The summed E-state index contributed by atoms with van der Waals surface area (Å²) in [5.41, 5.74) is 5.75. The third-order valence-electron chi connectivity index (χ3n) is 1.84. The first-order chi connectivity index (χ1) is 4.83. The number of hydrogen-bond acceptors (Lipinski definition) is 3. The fourth-order valence-corrected chi connectivity index (χ4v) is 1.28. The van der Waals surface area contributed by atoms with Crippen LogP contribution in [-0.4, -0.2) is 32.3 Å². The summed E-state index contributed by atoms with van der Waals surface area (Å²) in [4.78, 5) is 0. The molecule has 0 aromatic carbocycles. The van der Waals surface area contributed by atoms with Crippen molar-refractivity contribution >= 4 is 0 Å². The van der Waals surface area contributed by atoms with Crippen LogP contribution in [0.2, 0.25) is 0 Å². The van der Waals surface area contributed by atoms with Gasteiger partial charge in [0.2, 0.25) is 0 Å². The van der Waals surface area contributed by atoms with Crippen LogP contribution in [0.1, 0.15) is 12.8 Å². The summed E-state index contributed by atoms with van der Waals surface area (Å²) in [7, 11) is 1.93. The maximum absolute atomic E-state index is 5.75. The van der Waals surface area contributed by atoms with E-state index in [9.17, 15) is 0 Å². The first-order valence-electron chi connectivity index (χ1n) is 3.84. The van der Waals surface area contributed by atoms with Crippen LogP contribution in [0.15, 0.2) is 0 Å². The normalized spacial score (nSPS) is 34.2. The van der Waals surface area contributed by atoms with Gasteiger partial charge in [-0.05, 0) is 19.9 Å². The average molecular weight is 144 g/mol. The number of rotatable bonds is 2. The van der Waals surface area contributed by atoms with Crippen LogP contribution in [0.25, 0.3) is 0 Å². The van der Waals surface area contributed by atoms with Gasteiger partial charge in [-0.15, -0.1) is 0 Å². The second-order valence-electron chi connectivity index (χ2n) is 2.83. The van der Waals surface area contributed by atoms with E-state index in [1.54, 1.807) is 0 Å². The lowest BCUT2D eigenvalue weighted by Crippen LogP contribution is -2.39. The lowest BCUT2D eigenvalue weighted by Gasteiger charge is -2.26. The van der Waals surface area contributed by atoms with Crippen LogP contribution in [0.4, 0.5) is 0 Å². The van der Waals surface area contributed by atoms with E-state index >= 15 is 0 Å². The molecule has 1 fully saturated rings. The molecule has 1 heterocycles. The smallest absolute Gasteiger partial charge is 0.0714 e. The summed E-state index contributed by atoms with van der Waals surface area (Å²) >= 11 is 0. The van der Waals surface area contributed by atoms with Crippen molar-refractivity contribution in [1.82, 2.24) is 5.32 Å². The summed E-state index contributed by atoms with van der Waals surface area (Å²) in [6.07, 6.45) is 2.36. The van der Waals surface area contributed by atoms with Gasteiger partial charge in [-0.2, -0.15) is 0 Å². The molecule has 1 rings (SSSR count). The maximum Gasteiger partial charge on any atom is 0.0714 e. The molecule has 2 unspecified atom stereocenters. The van der Waals surface area contributed by atoms with Crippen molar-refractivity contribution in [2.45, 2.75) is 25.0 Å². The van der Waals surface area contributed by atoms with E-state index in [0.29, 0.717) is 12.1 Å². The molecule has 0 aliphatic carbocycles. The van der Waals surface area contributed by atoms with Crippen LogP contribution in [-0.2, 0) is 4.74 Å². The number of ether oxygens (including phenoxy) is 1. The van der Waals surface area contributed by atoms with Crippen molar-refractivity contribution in [2.75, 3.05) is 20.2 Å². The van der Waals surface area contributed by atoms with Crippen LogP contribution in [0.5, 0.6) is 0 Å². The fraction of sp³-hybridized carbons (Fsp3) is 1.00. The van der Waals surface area contributed by atoms with Crippen molar-refractivity contribution in [1.29, 1.82) is 0 Å². The summed E-state index contributed by atoms with van der Waals surface area (Å²) in [6.45, 7) is 1.75. The SMILES string of the molecule is CNCC1CC(N)CCO1. The Morgan fingerprint density at radius 1 is 1.70 bits per heavy atom. The molecule has 10 heavy (non-hydrogen) atoms. The molecular formula is C7H16N2O.